The van der Waals surface area contributed by atoms with Gasteiger partial charge in [-0.1, -0.05) is 0 Å². The molecule has 0 bridgehead atoms. The SMILES string of the molecule is Cn1nccc1-c1nnc(N)n1N. The molecule has 0 atom stereocenters. The molecule has 0 aromatic carbocycles. The third-order valence-electron chi connectivity index (χ3n) is 1.77. The summed E-state index contributed by atoms with van der Waals surface area (Å²) < 4.78 is 2.86. The Hall–Kier alpha value is -2.05. The van der Waals surface area contributed by atoms with Crippen molar-refractivity contribution in [1.82, 2.24) is 24.7 Å². The Kier molecular flexibility index (Phi) is 1.44. The molecule has 2 aromatic rings. The number of rotatable bonds is 1. The lowest BCUT2D eigenvalue weighted by Crippen LogP contribution is -2.14. The second-order valence-electron chi connectivity index (χ2n) is 2.59. The Balaban J connectivity index is 2.59. The van der Waals surface area contributed by atoms with Crippen LogP contribution in [-0.2, 0) is 7.05 Å². The fraction of sp³-hybridized carbons (Fsp3) is 0.167. The standard InChI is InChI=1S/C6H9N7/c1-12-4(2-3-9-12)5-10-11-6(7)13(5)8/h2-3H,8H2,1H3,(H2,7,11). The van der Waals surface area contributed by atoms with E-state index in [0.29, 0.717) is 5.82 Å². The van der Waals surface area contributed by atoms with Crippen molar-refractivity contribution >= 4 is 5.95 Å². The highest BCUT2D eigenvalue weighted by Crippen LogP contribution is 2.14. The average Bonchev–Trinajstić information content (AvgIpc) is 2.62. The van der Waals surface area contributed by atoms with E-state index in [2.05, 4.69) is 15.3 Å². The topological polar surface area (TPSA) is 101 Å². The van der Waals surface area contributed by atoms with E-state index in [0.717, 1.165) is 5.69 Å². The smallest absolute Gasteiger partial charge is 0.241 e. The van der Waals surface area contributed by atoms with Crippen molar-refractivity contribution in [3.8, 4) is 11.5 Å². The van der Waals surface area contributed by atoms with Crippen LogP contribution in [0.15, 0.2) is 12.3 Å². The van der Waals surface area contributed by atoms with Crippen molar-refractivity contribution < 1.29 is 0 Å². The number of aromatic nitrogens is 5. The summed E-state index contributed by atoms with van der Waals surface area (Å²) in [5.41, 5.74) is 6.20. The average molecular weight is 179 g/mol. The van der Waals surface area contributed by atoms with E-state index in [-0.39, 0.29) is 5.95 Å². The van der Waals surface area contributed by atoms with Crippen molar-refractivity contribution in [3.63, 3.8) is 0 Å². The monoisotopic (exact) mass is 179 g/mol. The number of nitrogen functional groups attached to an aromatic ring is 2. The minimum atomic E-state index is 0.177. The van der Waals surface area contributed by atoms with Crippen LogP contribution in [0.5, 0.6) is 0 Å². The zero-order valence-corrected chi connectivity index (χ0v) is 7.05. The molecule has 0 aliphatic carbocycles. The van der Waals surface area contributed by atoms with Gasteiger partial charge in [-0.3, -0.25) is 4.68 Å². The quantitative estimate of drug-likeness (QED) is 0.545. The summed E-state index contributed by atoms with van der Waals surface area (Å²) in [5.74, 6) is 6.26. The van der Waals surface area contributed by atoms with Crippen molar-refractivity contribution in [1.29, 1.82) is 0 Å². The van der Waals surface area contributed by atoms with Crippen LogP contribution in [0.3, 0.4) is 0 Å². The molecule has 2 heterocycles. The Morgan fingerprint density at radius 3 is 2.62 bits per heavy atom. The summed E-state index contributed by atoms with van der Waals surface area (Å²) in [4.78, 5) is 0. The summed E-state index contributed by atoms with van der Waals surface area (Å²) in [6.45, 7) is 0. The largest absolute Gasteiger partial charge is 0.366 e. The van der Waals surface area contributed by atoms with Crippen molar-refractivity contribution in [2.75, 3.05) is 11.6 Å². The molecule has 0 saturated heterocycles. The van der Waals surface area contributed by atoms with Gasteiger partial charge >= 0.3 is 0 Å². The van der Waals surface area contributed by atoms with Gasteiger partial charge in [-0.05, 0) is 6.07 Å². The zero-order valence-electron chi connectivity index (χ0n) is 7.05. The van der Waals surface area contributed by atoms with Crippen LogP contribution in [0.4, 0.5) is 5.95 Å². The lowest BCUT2D eigenvalue weighted by Gasteiger charge is -2.00. The molecule has 68 valence electrons. The van der Waals surface area contributed by atoms with E-state index in [1.807, 2.05) is 0 Å². The van der Waals surface area contributed by atoms with E-state index in [1.165, 1.54) is 4.68 Å². The molecule has 0 spiro atoms. The molecule has 0 amide bonds. The number of hydrogen-bond donors (Lipinski definition) is 2. The second kappa shape index (κ2) is 2.47. The van der Waals surface area contributed by atoms with E-state index in [9.17, 15) is 0 Å². The third kappa shape index (κ3) is 1.01. The first-order valence-electron chi connectivity index (χ1n) is 3.64. The first-order valence-corrected chi connectivity index (χ1v) is 3.64. The van der Waals surface area contributed by atoms with Crippen LogP contribution >= 0.6 is 0 Å². The van der Waals surface area contributed by atoms with E-state index in [1.54, 1.807) is 24.0 Å². The molecule has 0 fully saturated rings. The molecular formula is C6H9N7. The Morgan fingerprint density at radius 1 is 1.38 bits per heavy atom. The van der Waals surface area contributed by atoms with Gasteiger partial charge in [0.25, 0.3) is 0 Å². The maximum absolute atomic E-state index is 5.59. The molecular weight excluding hydrogens is 170 g/mol. The summed E-state index contributed by atoms with van der Waals surface area (Å²) in [5, 5.41) is 11.4. The van der Waals surface area contributed by atoms with Gasteiger partial charge in [-0.25, -0.2) is 4.68 Å². The number of nitrogens with two attached hydrogens (primary N) is 2. The summed E-state index contributed by atoms with van der Waals surface area (Å²) >= 11 is 0. The molecule has 2 aromatic heterocycles. The highest BCUT2D eigenvalue weighted by Gasteiger charge is 2.11. The third-order valence-corrected chi connectivity index (χ3v) is 1.77. The molecule has 4 N–H and O–H groups in total. The lowest BCUT2D eigenvalue weighted by molar-refractivity contribution is 0.765. The minimum Gasteiger partial charge on any atom is -0.366 e. The van der Waals surface area contributed by atoms with Crippen LogP contribution in [-0.4, -0.2) is 24.7 Å². The van der Waals surface area contributed by atoms with Gasteiger partial charge in [0.2, 0.25) is 11.8 Å². The number of hydrogen-bond acceptors (Lipinski definition) is 5. The fourth-order valence-corrected chi connectivity index (χ4v) is 1.07. The van der Waals surface area contributed by atoms with Crippen LogP contribution < -0.4 is 11.6 Å². The normalized spacial score (nSPS) is 10.5. The van der Waals surface area contributed by atoms with Crippen LogP contribution in [0.25, 0.3) is 11.5 Å². The summed E-state index contributed by atoms with van der Waals surface area (Å²) in [6.07, 6.45) is 1.65. The van der Waals surface area contributed by atoms with Gasteiger partial charge < -0.3 is 11.6 Å². The van der Waals surface area contributed by atoms with Crippen molar-refractivity contribution in [2.24, 2.45) is 7.05 Å². The highest BCUT2D eigenvalue weighted by atomic mass is 15.5. The molecule has 0 aliphatic heterocycles. The molecule has 13 heavy (non-hydrogen) atoms. The van der Waals surface area contributed by atoms with Gasteiger partial charge in [0.05, 0.1) is 0 Å². The predicted molar refractivity (Wildman–Crippen MR) is 46.8 cm³/mol. The van der Waals surface area contributed by atoms with Gasteiger partial charge in [-0.2, -0.15) is 5.10 Å². The maximum Gasteiger partial charge on any atom is 0.241 e. The molecule has 7 heteroatoms. The predicted octanol–water partition coefficient (Wildman–Crippen LogP) is -1.03. The number of anilines is 1. The minimum absolute atomic E-state index is 0.177. The number of aryl methyl sites for hydroxylation is 1. The first kappa shape index (κ1) is 7.59. The second-order valence-corrected chi connectivity index (χ2v) is 2.59. The Bertz CT molecular complexity index is 426. The van der Waals surface area contributed by atoms with Gasteiger partial charge in [-0.15, -0.1) is 10.2 Å². The van der Waals surface area contributed by atoms with Gasteiger partial charge in [0.15, 0.2) is 0 Å². The highest BCUT2D eigenvalue weighted by molar-refractivity contribution is 5.51. The van der Waals surface area contributed by atoms with Crippen LogP contribution in [0, 0.1) is 0 Å². The lowest BCUT2D eigenvalue weighted by atomic mass is 10.4. The van der Waals surface area contributed by atoms with E-state index < -0.39 is 0 Å². The van der Waals surface area contributed by atoms with Crippen LogP contribution in [0.2, 0.25) is 0 Å². The van der Waals surface area contributed by atoms with Crippen LogP contribution in [0.1, 0.15) is 0 Å². The van der Waals surface area contributed by atoms with Crippen molar-refractivity contribution in [3.05, 3.63) is 12.3 Å². The van der Waals surface area contributed by atoms with E-state index in [4.69, 9.17) is 11.6 Å². The molecule has 0 unspecified atom stereocenters. The maximum atomic E-state index is 5.59. The summed E-state index contributed by atoms with van der Waals surface area (Å²) in [7, 11) is 1.79. The Morgan fingerprint density at radius 2 is 2.15 bits per heavy atom. The molecule has 0 saturated carbocycles. The molecule has 0 aliphatic rings. The summed E-state index contributed by atoms with van der Waals surface area (Å²) in [6, 6.07) is 1.78. The Labute approximate surface area is 73.9 Å². The van der Waals surface area contributed by atoms with Gasteiger partial charge in [0, 0.05) is 13.2 Å². The van der Waals surface area contributed by atoms with Gasteiger partial charge in [0.1, 0.15) is 5.69 Å². The molecule has 2 rings (SSSR count). The zero-order chi connectivity index (χ0) is 9.42. The molecule has 0 radical (unpaired) electrons. The fourth-order valence-electron chi connectivity index (χ4n) is 1.07. The van der Waals surface area contributed by atoms with E-state index >= 15 is 0 Å². The molecule has 7 nitrogen and oxygen atoms in total. The number of nitrogens with zero attached hydrogens (tertiary/aromatic N) is 5. The first-order chi connectivity index (χ1) is 6.20. The van der Waals surface area contributed by atoms with Crippen molar-refractivity contribution in [2.45, 2.75) is 0 Å².